The van der Waals surface area contributed by atoms with E-state index in [4.69, 9.17) is 15.2 Å². The highest BCUT2D eigenvalue weighted by molar-refractivity contribution is 7.98. The van der Waals surface area contributed by atoms with Gasteiger partial charge in [-0.05, 0) is 26.6 Å². The zero-order chi connectivity index (χ0) is 9.90. The van der Waals surface area contributed by atoms with Crippen molar-refractivity contribution in [1.82, 2.24) is 0 Å². The SMILES string of the molecule is CSC[C@@H]1OC(C)(C)OC[C@H]1CN. The lowest BCUT2D eigenvalue weighted by molar-refractivity contribution is -0.286. The molecule has 0 aromatic heterocycles. The van der Waals surface area contributed by atoms with Crippen molar-refractivity contribution in [2.24, 2.45) is 11.7 Å². The van der Waals surface area contributed by atoms with Crippen LogP contribution in [-0.2, 0) is 9.47 Å². The molecule has 0 aromatic carbocycles. The first-order valence-corrected chi connectivity index (χ1v) is 5.99. The summed E-state index contributed by atoms with van der Waals surface area (Å²) in [6.45, 7) is 5.26. The largest absolute Gasteiger partial charge is 0.350 e. The van der Waals surface area contributed by atoms with E-state index >= 15 is 0 Å². The summed E-state index contributed by atoms with van der Waals surface area (Å²) in [6, 6.07) is 0. The molecule has 1 rings (SSSR count). The van der Waals surface area contributed by atoms with Gasteiger partial charge in [0.25, 0.3) is 0 Å². The molecule has 4 heteroatoms. The van der Waals surface area contributed by atoms with Crippen LogP contribution in [-0.4, -0.2) is 37.1 Å². The third-order valence-corrected chi connectivity index (χ3v) is 2.90. The first-order chi connectivity index (χ1) is 6.09. The fourth-order valence-electron chi connectivity index (χ4n) is 1.46. The van der Waals surface area contributed by atoms with Gasteiger partial charge in [-0.1, -0.05) is 0 Å². The minimum absolute atomic E-state index is 0.240. The smallest absolute Gasteiger partial charge is 0.163 e. The Hall–Kier alpha value is 0.230. The lowest BCUT2D eigenvalue weighted by Gasteiger charge is -2.40. The highest BCUT2D eigenvalue weighted by Crippen LogP contribution is 2.27. The third-order valence-electron chi connectivity index (χ3n) is 2.24. The van der Waals surface area contributed by atoms with Gasteiger partial charge in [0.2, 0.25) is 0 Å². The van der Waals surface area contributed by atoms with Crippen LogP contribution in [0.25, 0.3) is 0 Å². The standard InChI is InChI=1S/C9H19NO2S/c1-9(2)11-5-7(4-10)8(12-9)6-13-3/h7-8H,4-6,10H2,1-3H3/t7-,8+/m1/s1. The minimum Gasteiger partial charge on any atom is -0.350 e. The van der Waals surface area contributed by atoms with E-state index in [2.05, 4.69) is 6.26 Å². The van der Waals surface area contributed by atoms with Gasteiger partial charge >= 0.3 is 0 Å². The summed E-state index contributed by atoms with van der Waals surface area (Å²) in [7, 11) is 0. The van der Waals surface area contributed by atoms with Gasteiger partial charge in [-0.3, -0.25) is 0 Å². The van der Waals surface area contributed by atoms with Crippen molar-refractivity contribution < 1.29 is 9.47 Å². The van der Waals surface area contributed by atoms with Gasteiger partial charge in [0.15, 0.2) is 5.79 Å². The molecule has 3 nitrogen and oxygen atoms in total. The second kappa shape index (κ2) is 4.64. The summed E-state index contributed by atoms with van der Waals surface area (Å²) in [5.41, 5.74) is 5.64. The fraction of sp³-hybridized carbons (Fsp3) is 1.00. The van der Waals surface area contributed by atoms with Crippen molar-refractivity contribution in [3.8, 4) is 0 Å². The number of hydrogen-bond donors (Lipinski definition) is 1. The molecule has 2 N–H and O–H groups in total. The van der Waals surface area contributed by atoms with E-state index in [-0.39, 0.29) is 6.10 Å². The predicted molar refractivity (Wildman–Crippen MR) is 55.8 cm³/mol. The molecule has 1 saturated heterocycles. The van der Waals surface area contributed by atoms with Crippen LogP contribution in [0, 0.1) is 5.92 Å². The zero-order valence-electron chi connectivity index (χ0n) is 8.58. The molecule has 1 heterocycles. The van der Waals surface area contributed by atoms with Crippen molar-refractivity contribution in [1.29, 1.82) is 0 Å². The average Bonchev–Trinajstić information content (AvgIpc) is 2.04. The van der Waals surface area contributed by atoms with Gasteiger partial charge in [-0.15, -0.1) is 0 Å². The molecule has 13 heavy (non-hydrogen) atoms. The summed E-state index contributed by atoms with van der Waals surface area (Å²) in [4.78, 5) is 0. The van der Waals surface area contributed by atoms with E-state index in [9.17, 15) is 0 Å². The van der Waals surface area contributed by atoms with Crippen LogP contribution in [0.3, 0.4) is 0 Å². The molecule has 0 bridgehead atoms. The Labute approximate surface area is 84.3 Å². The summed E-state index contributed by atoms with van der Waals surface area (Å²) in [6.07, 6.45) is 2.32. The Morgan fingerprint density at radius 3 is 2.77 bits per heavy atom. The summed E-state index contributed by atoms with van der Waals surface area (Å²) >= 11 is 1.79. The van der Waals surface area contributed by atoms with E-state index in [1.165, 1.54) is 0 Å². The Bertz CT molecular complexity index is 164. The number of hydrogen-bond acceptors (Lipinski definition) is 4. The van der Waals surface area contributed by atoms with Gasteiger partial charge in [-0.2, -0.15) is 11.8 Å². The quantitative estimate of drug-likeness (QED) is 0.748. The third kappa shape index (κ3) is 3.13. The number of rotatable bonds is 3. The van der Waals surface area contributed by atoms with E-state index in [0.29, 0.717) is 19.1 Å². The molecule has 0 amide bonds. The van der Waals surface area contributed by atoms with E-state index in [1.807, 2.05) is 13.8 Å². The molecule has 0 aliphatic carbocycles. The topological polar surface area (TPSA) is 44.5 Å². The van der Waals surface area contributed by atoms with Crippen molar-refractivity contribution in [3.63, 3.8) is 0 Å². The molecule has 78 valence electrons. The van der Waals surface area contributed by atoms with Gasteiger partial charge in [0.05, 0.1) is 12.7 Å². The van der Waals surface area contributed by atoms with Gasteiger partial charge in [0, 0.05) is 11.7 Å². The molecular formula is C9H19NO2S. The maximum Gasteiger partial charge on any atom is 0.163 e. The molecule has 1 aliphatic heterocycles. The normalized spacial score (nSPS) is 33.2. The van der Waals surface area contributed by atoms with Gasteiger partial charge in [-0.25, -0.2) is 0 Å². The molecule has 0 aromatic rings. The monoisotopic (exact) mass is 205 g/mol. The van der Waals surface area contributed by atoms with Crippen LogP contribution in [0.15, 0.2) is 0 Å². The molecule has 0 saturated carbocycles. The molecule has 0 spiro atoms. The predicted octanol–water partition coefficient (Wildman–Crippen LogP) is 1.08. The Kier molecular flexibility index (Phi) is 4.04. The second-order valence-corrected chi connectivity index (χ2v) is 4.73. The fourth-order valence-corrected chi connectivity index (χ4v) is 2.13. The van der Waals surface area contributed by atoms with Gasteiger partial charge in [0.1, 0.15) is 0 Å². The van der Waals surface area contributed by atoms with Crippen molar-refractivity contribution in [3.05, 3.63) is 0 Å². The van der Waals surface area contributed by atoms with Crippen LogP contribution < -0.4 is 5.73 Å². The number of thioether (sulfide) groups is 1. The van der Waals surface area contributed by atoms with Crippen LogP contribution >= 0.6 is 11.8 Å². The second-order valence-electron chi connectivity index (χ2n) is 3.82. The van der Waals surface area contributed by atoms with E-state index in [0.717, 1.165) is 5.75 Å². The highest BCUT2D eigenvalue weighted by atomic mass is 32.2. The van der Waals surface area contributed by atoms with Crippen molar-refractivity contribution in [2.45, 2.75) is 25.7 Å². The Morgan fingerprint density at radius 1 is 1.54 bits per heavy atom. The molecular weight excluding hydrogens is 186 g/mol. The average molecular weight is 205 g/mol. The van der Waals surface area contributed by atoms with Crippen LogP contribution in [0.1, 0.15) is 13.8 Å². The summed E-state index contributed by atoms with van der Waals surface area (Å²) < 4.78 is 11.3. The zero-order valence-corrected chi connectivity index (χ0v) is 9.39. The highest BCUT2D eigenvalue weighted by Gasteiger charge is 2.35. The number of ether oxygens (including phenoxy) is 2. The van der Waals surface area contributed by atoms with Crippen LogP contribution in [0.5, 0.6) is 0 Å². The maximum absolute atomic E-state index is 5.79. The lowest BCUT2D eigenvalue weighted by Crippen LogP contribution is -2.49. The molecule has 2 atom stereocenters. The molecule has 0 unspecified atom stereocenters. The first-order valence-electron chi connectivity index (χ1n) is 4.60. The minimum atomic E-state index is -0.438. The Balaban J connectivity index is 2.52. The maximum atomic E-state index is 5.79. The molecule has 0 radical (unpaired) electrons. The molecule has 1 fully saturated rings. The van der Waals surface area contributed by atoms with Crippen molar-refractivity contribution in [2.75, 3.05) is 25.2 Å². The summed E-state index contributed by atoms with van der Waals surface area (Å²) in [5.74, 6) is 0.904. The van der Waals surface area contributed by atoms with E-state index in [1.54, 1.807) is 11.8 Å². The summed E-state index contributed by atoms with van der Waals surface area (Å²) in [5, 5.41) is 0. The lowest BCUT2D eigenvalue weighted by atomic mass is 10.0. The van der Waals surface area contributed by atoms with E-state index < -0.39 is 5.79 Å². The number of nitrogens with two attached hydrogens (primary N) is 1. The van der Waals surface area contributed by atoms with Gasteiger partial charge < -0.3 is 15.2 Å². The van der Waals surface area contributed by atoms with Crippen LogP contribution in [0.4, 0.5) is 0 Å². The Morgan fingerprint density at radius 2 is 2.23 bits per heavy atom. The van der Waals surface area contributed by atoms with Crippen molar-refractivity contribution >= 4 is 11.8 Å². The molecule has 1 aliphatic rings. The first kappa shape index (κ1) is 11.3. The van der Waals surface area contributed by atoms with Crippen LogP contribution in [0.2, 0.25) is 0 Å².